The van der Waals surface area contributed by atoms with Crippen LogP contribution >= 0.6 is 0 Å². The summed E-state index contributed by atoms with van der Waals surface area (Å²) >= 11 is 0. The molecule has 8 nitrogen and oxygen atoms in total. The summed E-state index contributed by atoms with van der Waals surface area (Å²) in [4.78, 5) is 20.8. The van der Waals surface area contributed by atoms with Gasteiger partial charge in [0.05, 0.1) is 9.82 Å². The monoisotopic (exact) mass is 316 g/mol. The lowest BCUT2D eigenvalue weighted by molar-refractivity contribution is -0.385. The fourth-order valence-corrected chi connectivity index (χ4v) is 3.48. The van der Waals surface area contributed by atoms with Crippen molar-refractivity contribution in [1.29, 1.82) is 0 Å². The van der Waals surface area contributed by atoms with Gasteiger partial charge in [-0.05, 0) is 32.9 Å². The van der Waals surface area contributed by atoms with E-state index in [1.165, 1.54) is 13.0 Å². The van der Waals surface area contributed by atoms with Crippen molar-refractivity contribution in [3.05, 3.63) is 33.9 Å². The van der Waals surface area contributed by atoms with Crippen LogP contribution in [-0.4, -0.2) is 41.3 Å². The SMILES string of the molecule is Cc1cc(S(=O)(=O)N(CC(=O)O)C(C)C)ccc1[N+](=O)[O-]. The van der Waals surface area contributed by atoms with Gasteiger partial charge < -0.3 is 5.11 Å². The van der Waals surface area contributed by atoms with Gasteiger partial charge in [0.2, 0.25) is 10.0 Å². The third kappa shape index (κ3) is 3.76. The predicted molar refractivity (Wildman–Crippen MR) is 74.5 cm³/mol. The predicted octanol–water partition coefficient (Wildman–Crippen LogP) is 1.39. The van der Waals surface area contributed by atoms with Crippen LogP contribution in [0.2, 0.25) is 0 Å². The second kappa shape index (κ2) is 6.19. The highest BCUT2D eigenvalue weighted by molar-refractivity contribution is 7.89. The van der Waals surface area contributed by atoms with E-state index in [2.05, 4.69) is 0 Å². The topological polar surface area (TPSA) is 118 Å². The normalized spacial score (nSPS) is 11.9. The lowest BCUT2D eigenvalue weighted by Gasteiger charge is -2.24. The Kier molecular flexibility index (Phi) is 5.02. The third-order valence-corrected chi connectivity index (χ3v) is 4.86. The summed E-state index contributed by atoms with van der Waals surface area (Å²) in [6, 6.07) is 2.82. The van der Waals surface area contributed by atoms with Gasteiger partial charge in [-0.2, -0.15) is 4.31 Å². The summed E-state index contributed by atoms with van der Waals surface area (Å²) in [5.41, 5.74) is 0.00314. The Bertz CT molecular complexity index is 668. The van der Waals surface area contributed by atoms with Crippen molar-refractivity contribution in [3.8, 4) is 0 Å². The highest BCUT2D eigenvalue weighted by Crippen LogP contribution is 2.24. The zero-order chi connectivity index (χ0) is 16.4. The summed E-state index contributed by atoms with van der Waals surface area (Å²) in [7, 11) is -4.03. The summed E-state index contributed by atoms with van der Waals surface area (Å²) in [6.07, 6.45) is 0. The average molecular weight is 316 g/mol. The largest absolute Gasteiger partial charge is 0.480 e. The molecular weight excluding hydrogens is 300 g/mol. The number of nitrogens with zero attached hydrogens (tertiary/aromatic N) is 2. The highest BCUT2D eigenvalue weighted by Gasteiger charge is 2.29. The van der Waals surface area contributed by atoms with E-state index in [0.29, 0.717) is 0 Å². The Balaban J connectivity index is 3.32. The van der Waals surface area contributed by atoms with E-state index >= 15 is 0 Å². The van der Waals surface area contributed by atoms with Crippen molar-refractivity contribution < 1.29 is 23.2 Å². The first kappa shape index (κ1) is 17.1. The zero-order valence-electron chi connectivity index (χ0n) is 11.8. The van der Waals surface area contributed by atoms with Crippen molar-refractivity contribution in [2.45, 2.75) is 31.7 Å². The van der Waals surface area contributed by atoms with E-state index in [4.69, 9.17) is 5.11 Å². The maximum absolute atomic E-state index is 12.4. The Labute approximate surface area is 122 Å². The van der Waals surface area contributed by atoms with Gasteiger partial charge >= 0.3 is 5.97 Å². The van der Waals surface area contributed by atoms with Gasteiger partial charge in [0.1, 0.15) is 6.54 Å². The fraction of sp³-hybridized carbons (Fsp3) is 0.417. The number of aryl methyl sites for hydroxylation is 1. The molecule has 0 aliphatic rings. The van der Waals surface area contributed by atoms with E-state index in [0.717, 1.165) is 16.4 Å². The molecule has 0 aliphatic heterocycles. The Hall–Kier alpha value is -2.00. The second-order valence-electron chi connectivity index (χ2n) is 4.74. The van der Waals surface area contributed by atoms with Gasteiger partial charge in [-0.15, -0.1) is 0 Å². The Morgan fingerprint density at radius 2 is 2.00 bits per heavy atom. The van der Waals surface area contributed by atoms with Crippen LogP contribution in [-0.2, 0) is 14.8 Å². The molecule has 0 unspecified atom stereocenters. The standard InChI is InChI=1S/C12H16N2O6S/c1-8(2)13(7-12(15)16)21(19,20)10-4-5-11(14(17)18)9(3)6-10/h4-6,8H,7H2,1-3H3,(H,15,16). The zero-order valence-corrected chi connectivity index (χ0v) is 12.6. The van der Waals surface area contributed by atoms with E-state index in [1.807, 2.05) is 0 Å². The average Bonchev–Trinajstić information content (AvgIpc) is 2.34. The van der Waals surface area contributed by atoms with Gasteiger partial charge in [0, 0.05) is 17.7 Å². The van der Waals surface area contributed by atoms with Crippen LogP contribution in [0.1, 0.15) is 19.4 Å². The quantitative estimate of drug-likeness (QED) is 0.626. The molecule has 116 valence electrons. The van der Waals surface area contributed by atoms with Gasteiger partial charge in [-0.1, -0.05) is 0 Å². The number of carboxylic acid groups (broad SMARTS) is 1. The smallest absolute Gasteiger partial charge is 0.318 e. The first-order chi connectivity index (χ1) is 9.57. The minimum absolute atomic E-state index is 0.166. The van der Waals surface area contributed by atoms with Gasteiger partial charge in [-0.25, -0.2) is 8.42 Å². The lowest BCUT2D eigenvalue weighted by Crippen LogP contribution is -2.40. The first-order valence-electron chi connectivity index (χ1n) is 6.06. The van der Waals surface area contributed by atoms with Crippen molar-refractivity contribution in [1.82, 2.24) is 4.31 Å². The molecule has 0 fully saturated rings. The van der Waals surface area contributed by atoms with E-state index in [1.54, 1.807) is 13.8 Å². The van der Waals surface area contributed by atoms with Crippen LogP contribution in [0, 0.1) is 17.0 Å². The van der Waals surface area contributed by atoms with E-state index in [9.17, 15) is 23.3 Å². The maximum atomic E-state index is 12.4. The summed E-state index contributed by atoms with van der Waals surface area (Å²) in [5.74, 6) is -1.27. The van der Waals surface area contributed by atoms with Gasteiger partial charge in [-0.3, -0.25) is 14.9 Å². The molecule has 9 heteroatoms. The minimum Gasteiger partial charge on any atom is -0.480 e. The molecule has 1 rings (SSSR count). The number of carboxylic acids is 1. The number of hydrogen-bond donors (Lipinski definition) is 1. The summed E-state index contributed by atoms with van der Waals surface area (Å²) in [6.45, 7) is 3.86. The molecule has 0 atom stereocenters. The molecule has 1 aromatic rings. The molecule has 0 radical (unpaired) electrons. The highest BCUT2D eigenvalue weighted by atomic mass is 32.2. The molecule has 0 saturated heterocycles. The molecule has 0 aliphatic carbocycles. The molecule has 0 amide bonds. The molecule has 0 aromatic heterocycles. The number of nitro benzene ring substituents is 1. The van der Waals surface area contributed by atoms with Crippen molar-refractivity contribution in [2.24, 2.45) is 0 Å². The number of hydrogen-bond acceptors (Lipinski definition) is 5. The maximum Gasteiger partial charge on any atom is 0.318 e. The number of carbonyl (C=O) groups is 1. The molecule has 0 heterocycles. The molecule has 21 heavy (non-hydrogen) atoms. The van der Waals surface area contributed by atoms with E-state index in [-0.39, 0.29) is 16.1 Å². The molecule has 1 aromatic carbocycles. The van der Waals surface area contributed by atoms with Gasteiger partial charge in [0.25, 0.3) is 5.69 Å². The van der Waals surface area contributed by atoms with Crippen molar-refractivity contribution >= 4 is 21.7 Å². The first-order valence-corrected chi connectivity index (χ1v) is 7.50. The third-order valence-electron chi connectivity index (χ3n) is 2.84. The Morgan fingerprint density at radius 1 is 1.43 bits per heavy atom. The van der Waals surface area contributed by atoms with Crippen LogP contribution in [0.5, 0.6) is 0 Å². The van der Waals surface area contributed by atoms with Gasteiger partial charge in [0.15, 0.2) is 0 Å². The Morgan fingerprint density at radius 3 is 2.38 bits per heavy atom. The van der Waals surface area contributed by atoms with Crippen LogP contribution in [0.15, 0.2) is 23.1 Å². The van der Waals surface area contributed by atoms with Crippen molar-refractivity contribution in [3.63, 3.8) is 0 Å². The van der Waals surface area contributed by atoms with Crippen LogP contribution in [0.25, 0.3) is 0 Å². The van der Waals surface area contributed by atoms with Crippen LogP contribution in [0.4, 0.5) is 5.69 Å². The van der Waals surface area contributed by atoms with Crippen LogP contribution < -0.4 is 0 Å². The minimum atomic E-state index is -4.03. The summed E-state index contributed by atoms with van der Waals surface area (Å²) in [5, 5.41) is 19.6. The number of aliphatic carboxylic acids is 1. The summed E-state index contributed by atoms with van der Waals surface area (Å²) < 4.78 is 25.7. The molecule has 0 bridgehead atoms. The van der Waals surface area contributed by atoms with Crippen molar-refractivity contribution in [2.75, 3.05) is 6.54 Å². The number of nitro groups is 1. The second-order valence-corrected chi connectivity index (χ2v) is 6.63. The molecular formula is C12H16N2O6S. The lowest BCUT2D eigenvalue weighted by atomic mass is 10.2. The fourth-order valence-electron chi connectivity index (χ4n) is 1.81. The molecule has 0 saturated carbocycles. The number of benzene rings is 1. The molecule has 0 spiro atoms. The van der Waals surface area contributed by atoms with E-state index < -0.39 is 33.5 Å². The number of rotatable bonds is 6. The van der Waals surface area contributed by atoms with Crippen LogP contribution in [0.3, 0.4) is 0 Å². The molecule has 1 N–H and O–H groups in total. The number of sulfonamides is 1.